The second-order valence-corrected chi connectivity index (χ2v) is 2.75. The maximum Gasteiger partial charge on any atom is 0.490 e. The lowest BCUT2D eigenvalue weighted by atomic mass is 9.78. The predicted molar refractivity (Wildman–Crippen MR) is 54.5 cm³/mol. The first-order chi connectivity index (χ1) is 6.56. The zero-order chi connectivity index (χ0) is 10.7. The fourth-order valence-corrected chi connectivity index (χ4v) is 1.07. The fourth-order valence-electron chi connectivity index (χ4n) is 1.07. The Morgan fingerprint density at radius 2 is 2.14 bits per heavy atom. The Hall–Kier alpha value is -1.53. The van der Waals surface area contributed by atoms with E-state index < -0.39 is 7.12 Å². The molecule has 6 heteroatoms. The summed E-state index contributed by atoms with van der Waals surface area (Å²) in [5.74, 6) is -0.0179. The van der Waals surface area contributed by atoms with Crippen LogP contribution in [0.3, 0.4) is 0 Å². The minimum Gasteiger partial charge on any atom is -0.481 e. The van der Waals surface area contributed by atoms with E-state index in [2.05, 4.69) is 0 Å². The summed E-state index contributed by atoms with van der Waals surface area (Å²) in [7, 11) is -0.214. The first-order valence-electron chi connectivity index (χ1n) is 3.94. The molecule has 0 unspecified atom stereocenters. The summed E-state index contributed by atoms with van der Waals surface area (Å²) in [6.07, 6.45) is 0. The van der Waals surface area contributed by atoms with Gasteiger partial charge in [-0.15, -0.1) is 0 Å². The van der Waals surface area contributed by atoms with Crippen molar-refractivity contribution in [2.45, 2.75) is 0 Å². The molecule has 0 fully saturated rings. The molecule has 1 aromatic carbocycles. The monoisotopic (exact) mass is 194 g/mol. The highest BCUT2D eigenvalue weighted by atomic mass is 16.5. The average Bonchev–Trinajstić information content (AvgIpc) is 2.15. The van der Waals surface area contributed by atoms with Crippen molar-refractivity contribution in [1.29, 1.82) is 5.41 Å². The second kappa shape index (κ2) is 4.12. The van der Waals surface area contributed by atoms with Gasteiger partial charge in [-0.2, -0.15) is 0 Å². The zero-order valence-corrected chi connectivity index (χ0v) is 7.69. The number of ether oxygens (including phenoxy) is 1. The summed E-state index contributed by atoms with van der Waals surface area (Å²) in [6.45, 7) is 0. The fraction of sp³-hybridized carbons (Fsp3) is 0.125. The first kappa shape index (κ1) is 10.6. The molecule has 5 nitrogen and oxygen atoms in total. The SMILES string of the molecule is COC(=N)c1ccc(B(O)O)c(N)c1. The van der Waals surface area contributed by atoms with Gasteiger partial charge in [-0.1, -0.05) is 6.07 Å². The molecule has 1 rings (SSSR count). The van der Waals surface area contributed by atoms with Crippen molar-refractivity contribution in [3.05, 3.63) is 23.8 Å². The Morgan fingerprint density at radius 3 is 2.57 bits per heavy atom. The molecule has 0 aliphatic heterocycles. The van der Waals surface area contributed by atoms with Crippen molar-refractivity contribution in [1.82, 2.24) is 0 Å². The van der Waals surface area contributed by atoms with E-state index in [9.17, 15) is 0 Å². The van der Waals surface area contributed by atoms with Crippen molar-refractivity contribution in [3.8, 4) is 0 Å². The maximum absolute atomic E-state index is 8.88. The number of nitrogen functional groups attached to an aromatic ring is 1. The normalized spacial score (nSPS) is 9.64. The van der Waals surface area contributed by atoms with Gasteiger partial charge < -0.3 is 20.5 Å². The smallest absolute Gasteiger partial charge is 0.481 e. The van der Waals surface area contributed by atoms with E-state index >= 15 is 0 Å². The molecule has 0 saturated heterocycles. The Morgan fingerprint density at radius 1 is 1.50 bits per heavy atom. The zero-order valence-electron chi connectivity index (χ0n) is 7.69. The molecule has 0 atom stereocenters. The Balaban J connectivity index is 3.06. The van der Waals surface area contributed by atoms with Crippen LogP contribution in [0.15, 0.2) is 18.2 Å². The van der Waals surface area contributed by atoms with E-state index in [0.717, 1.165) is 0 Å². The topological polar surface area (TPSA) is 99.6 Å². The van der Waals surface area contributed by atoms with Crippen LogP contribution in [0.25, 0.3) is 0 Å². The summed E-state index contributed by atoms with van der Waals surface area (Å²) < 4.78 is 4.69. The molecule has 0 amide bonds. The predicted octanol–water partition coefficient (Wildman–Crippen LogP) is -1.08. The molecular formula is C8H11BN2O3. The minimum atomic E-state index is -1.60. The standard InChI is InChI=1S/C8H11BN2O3/c1-14-8(11)5-2-3-6(9(12)13)7(10)4-5/h2-4,11-13H,10H2,1H3. The lowest BCUT2D eigenvalue weighted by Gasteiger charge is -2.07. The number of hydrogen-bond acceptors (Lipinski definition) is 5. The van der Waals surface area contributed by atoms with Crippen LogP contribution in [0.1, 0.15) is 5.56 Å². The van der Waals surface area contributed by atoms with Gasteiger partial charge in [0, 0.05) is 16.7 Å². The van der Waals surface area contributed by atoms with E-state index in [4.69, 9.17) is 25.9 Å². The van der Waals surface area contributed by atoms with Crippen LogP contribution < -0.4 is 11.2 Å². The molecule has 0 radical (unpaired) electrons. The highest BCUT2D eigenvalue weighted by molar-refractivity contribution is 6.60. The molecule has 74 valence electrons. The summed E-state index contributed by atoms with van der Waals surface area (Å²) in [4.78, 5) is 0. The third-order valence-corrected chi connectivity index (χ3v) is 1.83. The summed E-state index contributed by atoms with van der Waals surface area (Å²) in [6, 6.07) is 4.44. The molecule has 1 aromatic rings. The van der Waals surface area contributed by atoms with Crippen LogP contribution in [0.5, 0.6) is 0 Å². The third-order valence-electron chi connectivity index (χ3n) is 1.83. The first-order valence-corrected chi connectivity index (χ1v) is 3.94. The molecule has 0 aromatic heterocycles. The van der Waals surface area contributed by atoms with Crippen molar-refractivity contribution >= 4 is 24.2 Å². The molecule has 0 aliphatic carbocycles. The highest BCUT2D eigenvalue weighted by Crippen LogP contribution is 2.06. The van der Waals surface area contributed by atoms with Gasteiger partial charge >= 0.3 is 7.12 Å². The number of nitrogens with one attached hydrogen (secondary N) is 1. The Bertz CT molecular complexity index is 354. The third kappa shape index (κ3) is 2.04. The van der Waals surface area contributed by atoms with Crippen LogP contribution in [0.4, 0.5) is 5.69 Å². The van der Waals surface area contributed by atoms with E-state index in [1.54, 1.807) is 0 Å². The maximum atomic E-state index is 8.88. The van der Waals surface area contributed by atoms with E-state index in [-0.39, 0.29) is 17.0 Å². The van der Waals surface area contributed by atoms with Crippen molar-refractivity contribution in [2.24, 2.45) is 0 Å². The van der Waals surface area contributed by atoms with Gasteiger partial charge in [-0.05, 0) is 12.1 Å². The van der Waals surface area contributed by atoms with Crippen LogP contribution in [-0.2, 0) is 4.74 Å². The Labute approximate surface area is 81.8 Å². The number of rotatable bonds is 2. The van der Waals surface area contributed by atoms with Crippen LogP contribution in [0, 0.1) is 5.41 Å². The highest BCUT2D eigenvalue weighted by Gasteiger charge is 2.15. The number of methoxy groups -OCH3 is 1. The van der Waals surface area contributed by atoms with Crippen molar-refractivity contribution in [2.75, 3.05) is 12.8 Å². The quantitative estimate of drug-likeness (QED) is 0.208. The molecule has 0 aliphatic rings. The van der Waals surface area contributed by atoms with E-state index in [1.165, 1.54) is 25.3 Å². The molecular weight excluding hydrogens is 183 g/mol. The van der Waals surface area contributed by atoms with Gasteiger partial charge in [0.25, 0.3) is 0 Å². The second-order valence-electron chi connectivity index (χ2n) is 2.75. The Kier molecular flexibility index (Phi) is 3.11. The van der Waals surface area contributed by atoms with Crippen LogP contribution in [0.2, 0.25) is 0 Å². The lowest BCUT2D eigenvalue weighted by molar-refractivity contribution is 0.401. The average molecular weight is 194 g/mol. The number of hydrogen-bond donors (Lipinski definition) is 4. The van der Waals surface area contributed by atoms with Crippen molar-refractivity contribution in [3.63, 3.8) is 0 Å². The minimum absolute atomic E-state index is 0.0179. The number of nitrogens with two attached hydrogens (primary N) is 1. The number of benzene rings is 1. The number of anilines is 1. The van der Waals surface area contributed by atoms with E-state index in [1.807, 2.05) is 0 Å². The lowest BCUT2D eigenvalue weighted by Crippen LogP contribution is -2.32. The molecule has 0 heterocycles. The molecule has 0 saturated carbocycles. The van der Waals surface area contributed by atoms with Gasteiger partial charge in [-0.3, -0.25) is 5.41 Å². The van der Waals surface area contributed by atoms with E-state index in [0.29, 0.717) is 5.56 Å². The van der Waals surface area contributed by atoms with Gasteiger partial charge in [0.05, 0.1) is 7.11 Å². The summed E-state index contributed by atoms with van der Waals surface area (Å²) in [5, 5.41) is 25.1. The van der Waals surface area contributed by atoms with Gasteiger partial charge in [0.2, 0.25) is 5.90 Å². The van der Waals surface area contributed by atoms with Gasteiger partial charge in [0.1, 0.15) is 0 Å². The molecule has 5 N–H and O–H groups in total. The van der Waals surface area contributed by atoms with Gasteiger partial charge in [0.15, 0.2) is 0 Å². The molecule has 0 spiro atoms. The van der Waals surface area contributed by atoms with Crippen LogP contribution in [-0.4, -0.2) is 30.2 Å². The summed E-state index contributed by atoms with van der Waals surface area (Å²) in [5.41, 5.74) is 6.48. The molecule has 0 bridgehead atoms. The summed E-state index contributed by atoms with van der Waals surface area (Å²) >= 11 is 0. The van der Waals surface area contributed by atoms with Gasteiger partial charge in [-0.25, -0.2) is 0 Å². The van der Waals surface area contributed by atoms with Crippen molar-refractivity contribution < 1.29 is 14.8 Å². The largest absolute Gasteiger partial charge is 0.490 e. The molecule has 14 heavy (non-hydrogen) atoms. The van der Waals surface area contributed by atoms with Crippen LogP contribution >= 0.6 is 0 Å².